The molecule has 5 heteroatoms. The van der Waals surface area contributed by atoms with E-state index in [2.05, 4.69) is 0 Å². The highest BCUT2D eigenvalue weighted by Gasteiger charge is 2.10. The number of nitrogens with two attached hydrogens (primary N) is 2. The Morgan fingerprint density at radius 1 is 1.21 bits per heavy atom. The van der Waals surface area contributed by atoms with Gasteiger partial charge in [0.05, 0.1) is 18.4 Å². The van der Waals surface area contributed by atoms with Crippen molar-refractivity contribution in [1.29, 1.82) is 0 Å². The molecule has 2 rings (SSSR count). The number of ether oxygens (including phenoxy) is 1. The first-order valence-corrected chi connectivity index (χ1v) is 6.43. The van der Waals surface area contributed by atoms with Gasteiger partial charge in [0.2, 0.25) is 0 Å². The van der Waals surface area contributed by atoms with Crippen LogP contribution in [0.5, 0.6) is 5.75 Å². The van der Waals surface area contributed by atoms with Gasteiger partial charge in [-0.15, -0.1) is 0 Å². The van der Waals surface area contributed by atoms with E-state index >= 15 is 0 Å². The second kappa shape index (κ2) is 5.67. The average molecular weight is 274 g/mol. The van der Waals surface area contributed by atoms with E-state index in [1.807, 2.05) is 30.3 Å². The number of amides is 1. The average Bonchev–Trinajstić information content (AvgIpc) is 2.41. The molecule has 2 aromatic rings. The lowest BCUT2D eigenvalue weighted by atomic mass is 10.2. The maximum Gasteiger partial charge on any atom is 0.250 e. The smallest absolute Gasteiger partial charge is 0.250 e. The molecule has 4 nitrogen and oxygen atoms in total. The number of benzene rings is 2. The van der Waals surface area contributed by atoms with Crippen LogP contribution in [0.3, 0.4) is 0 Å². The first-order chi connectivity index (χ1) is 9.11. The molecule has 1 amide bonds. The number of methoxy groups -OCH3 is 1. The minimum atomic E-state index is -0.523. The third kappa shape index (κ3) is 3.00. The number of hydrogen-bond donors (Lipinski definition) is 2. The molecule has 0 fully saturated rings. The Hall–Kier alpha value is -2.14. The zero-order valence-corrected chi connectivity index (χ0v) is 11.2. The van der Waals surface area contributed by atoms with Crippen LogP contribution in [-0.2, 0) is 0 Å². The highest BCUT2D eigenvalue weighted by Crippen LogP contribution is 2.34. The quantitative estimate of drug-likeness (QED) is 0.840. The van der Waals surface area contributed by atoms with Crippen molar-refractivity contribution in [3.05, 3.63) is 48.0 Å². The summed E-state index contributed by atoms with van der Waals surface area (Å²) in [6.45, 7) is 0. The Balaban J connectivity index is 2.33. The lowest BCUT2D eigenvalue weighted by Gasteiger charge is -2.09. The molecule has 0 heterocycles. The third-order valence-corrected chi connectivity index (χ3v) is 3.67. The van der Waals surface area contributed by atoms with Crippen molar-refractivity contribution < 1.29 is 9.53 Å². The van der Waals surface area contributed by atoms with Crippen molar-refractivity contribution >= 4 is 23.4 Å². The van der Waals surface area contributed by atoms with Gasteiger partial charge in [-0.25, -0.2) is 0 Å². The fourth-order valence-electron chi connectivity index (χ4n) is 1.64. The third-order valence-electron chi connectivity index (χ3n) is 2.60. The lowest BCUT2D eigenvalue weighted by Crippen LogP contribution is -2.13. The monoisotopic (exact) mass is 274 g/mol. The fourth-order valence-corrected chi connectivity index (χ4v) is 2.58. The molecule has 0 atom stereocenters. The number of hydrogen-bond acceptors (Lipinski definition) is 4. The second-order valence-electron chi connectivity index (χ2n) is 3.86. The molecule has 98 valence electrons. The first-order valence-electron chi connectivity index (χ1n) is 5.62. The predicted octanol–water partition coefficient (Wildman–Crippen LogP) is 2.53. The number of rotatable bonds is 4. The minimum absolute atomic E-state index is 0.341. The number of nitrogen functional groups attached to an aromatic ring is 1. The van der Waals surface area contributed by atoms with Gasteiger partial charge in [-0.1, -0.05) is 23.9 Å². The molecule has 0 saturated carbocycles. The number of anilines is 1. The van der Waals surface area contributed by atoms with Crippen LogP contribution in [0.1, 0.15) is 10.4 Å². The van der Waals surface area contributed by atoms with E-state index < -0.39 is 5.91 Å². The van der Waals surface area contributed by atoms with Gasteiger partial charge in [0, 0.05) is 9.79 Å². The van der Waals surface area contributed by atoms with E-state index in [9.17, 15) is 4.79 Å². The van der Waals surface area contributed by atoms with Crippen molar-refractivity contribution in [2.45, 2.75) is 9.79 Å². The van der Waals surface area contributed by atoms with Crippen LogP contribution in [0.25, 0.3) is 0 Å². The molecule has 0 saturated heterocycles. The van der Waals surface area contributed by atoms with Crippen molar-refractivity contribution in [3.63, 3.8) is 0 Å². The van der Waals surface area contributed by atoms with Gasteiger partial charge in [-0.3, -0.25) is 4.79 Å². The van der Waals surface area contributed by atoms with E-state index in [-0.39, 0.29) is 0 Å². The number of primary amides is 1. The molecule has 0 aromatic heterocycles. The summed E-state index contributed by atoms with van der Waals surface area (Å²) >= 11 is 1.46. The van der Waals surface area contributed by atoms with Gasteiger partial charge in [0.15, 0.2) is 0 Å². The van der Waals surface area contributed by atoms with Crippen LogP contribution in [-0.4, -0.2) is 13.0 Å². The van der Waals surface area contributed by atoms with Crippen LogP contribution in [0.4, 0.5) is 5.69 Å². The van der Waals surface area contributed by atoms with Crippen molar-refractivity contribution in [2.75, 3.05) is 12.8 Å². The second-order valence-corrected chi connectivity index (χ2v) is 4.98. The summed E-state index contributed by atoms with van der Waals surface area (Å²) in [5, 5.41) is 0. The predicted molar refractivity (Wildman–Crippen MR) is 76.5 cm³/mol. The highest BCUT2D eigenvalue weighted by atomic mass is 32.2. The summed E-state index contributed by atoms with van der Waals surface area (Å²) in [5.74, 6) is 0.250. The zero-order valence-electron chi connectivity index (χ0n) is 10.4. The van der Waals surface area contributed by atoms with Crippen LogP contribution in [0.15, 0.2) is 52.3 Å². The number of carbonyl (C=O) groups excluding carboxylic acids is 1. The Kier molecular flexibility index (Phi) is 3.97. The van der Waals surface area contributed by atoms with E-state index in [1.54, 1.807) is 19.2 Å². The van der Waals surface area contributed by atoms with Crippen LogP contribution in [0, 0.1) is 0 Å². The van der Waals surface area contributed by atoms with E-state index in [0.29, 0.717) is 11.3 Å². The van der Waals surface area contributed by atoms with Gasteiger partial charge < -0.3 is 16.2 Å². The van der Waals surface area contributed by atoms with E-state index in [1.165, 1.54) is 11.8 Å². The molecule has 0 aliphatic carbocycles. The fraction of sp³-hybridized carbons (Fsp3) is 0.0714. The lowest BCUT2D eigenvalue weighted by molar-refractivity contribution is 0.100. The van der Waals surface area contributed by atoms with E-state index in [0.717, 1.165) is 15.5 Å². The molecule has 0 aliphatic rings. The Labute approximate surface area is 115 Å². The number of carbonyl (C=O) groups is 1. The van der Waals surface area contributed by atoms with Crippen LogP contribution in [0.2, 0.25) is 0 Å². The topological polar surface area (TPSA) is 78.3 Å². The number of para-hydroxylation sites is 1. The SMILES string of the molecule is COc1cccc(Sc2cccc(C(N)=O)c2N)c1. The molecule has 4 N–H and O–H groups in total. The van der Waals surface area contributed by atoms with Gasteiger partial charge in [-0.05, 0) is 30.3 Å². The van der Waals surface area contributed by atoms with Crippen molar-refractivity contribution in [3.8, 4) is 5.75 Å². The minimum Gasteiger partial charge on any atom is -0.497 e. The zero-order chi connectivity index (χ0) is 13.8. The summed E-state index contributed by atoms with van der Waals surface area (Å²) in [4.78, 5) is 13.0. The van der Waals surface area contributed by atoms with Crippen molar-refractivity contribution in [2.24, 2.45) is 5.73 Å². The first kappa shape index (κ1) is 13.3. The molecule has 0 bridgehead atoms. The van der Waals surface area contributed by atoms with Crippen molar-refractivity contribution in [1.82, 2.24) is 0 Å². The van der Waals surface area contributed by atoms with Crippen LogP contribution < -0.4 is 16.2 Å². The summed E-state index contributed by atoms with van der Waals surface area (Å²) in [5.41, 5.74) is 12.0. The summed E-state index contributed by atoms with van der Waals surface area (Å²) in [7, 11) is 1.62. The van der Waals surface area contributed by atoms with Gasteiger partial charge in [-0.2, -0.15) is 0 Å². The molecule has 0 aliphatic heterocycles. The maximum absolute atomic E-state index is 11.2. The maximum atomic E-state index is 11.2. The van der Waals surface area contributed by atoms with Gasteiger partial charge in [0.25, 0.3) is 5.91 Å². The summed E-state index contributed by atoms with van der Waals surface area (Å²) in [6.07, 6.45) is 0. The normalized spacial score (nSPS) is 10.2. The van der Waals surface area contributed by atoms with Gasteiger partial charge >= 0.3 is 0 Å². The molecular formula is C14H14N2O2S. The van der Waals surface area contributed by atoms with E-state index in [4.69, 9.17) is 16.2 Å². The molecular weight excluding hydrogens is 260 g/mol. The summed E-state index contributed by atoms with van der Waals surface area (Å²) in [6, 6.07) is 12.9. The standard InChI is InChI=1S/C14H14N2O2S/c1-18-9-4-2-5-10(8-9)19-12-7-3-6-11(13(12)15)14(16)17/h2-8H,15H2,1H3,(H2,16,17). The molecule has 19 heavy (non-hydrogen) atoms. The molecule has 0 spiro atoms. The Bertz CT molecular complexity index is 614. The summed E-state index contributed by atoms with van der Waals surface area (Å²) < 4.78 is 5.17. The van der Waals surface area contributed by atoms with Gasteiger partial charge in [0.1, 0.15) is 5.75 Å². The van der Waals surface area contributed by atoms with Crippen LogP contribution >= 0.6 is 11.8 Å². The molecule has 2 aromatic carbocycles. The highest BCUT2D eigenvalue weighted by molar-refractivity contribution is 7.99. The molecule has 0 unspecified atom stereocenters. The Morgan fingerprint density at radius 3 is 2.63 bits per heavy atom. The largest absolute Gasteiger partial charge is 0.497 e. The molecule has 0 radical (unpaired) electrons. The Morgan fingerprint density at radius 2 is 1.95 bits per heavy atom.